The third kappa shape index (κ3) is 6.51. The Morgan fingerprint density at radius 3 is 2.83 bits per heavy atom. The van der Waals surface area contributed by atoms with Crippen LogP contribution >= 0.6 is 0 Å². The van der Waals surface area contributed by atoms with Crippen molar-refractivity contribution in [1.82, 2.24) is 15.6 Å². The molecule has 1 aromatic carbocycles. The minimum Gasteiger partial charge on any atom is -0.489 e. The van der Waals surface area contributed by atoms with E-state index < -0.39 is 0 Å². The van der Waals surface area contributed by atoms with Crippen LogP contribution in [0.15, 0.2) is 60.2 Å². The first-order valence-electron chi connectivity index (χ1n) is 10.8. The summed E-state index contributed by atoms with van der Waals surface area (Å²) < 4.78 is 5.75. The molecule has 0 atom stereocenters. The number of benzene rings is 1. The predicted octanol–water partition coefficient (Wildman–Crippen LogP) is 3.89. The molecule has 0 unspecified atom stereocenters. The van der Waals surface area contributed by atoms with Gasteiger partial charge in [0.25, 0.3) is 0 Å². The number of hydrogen-bond donors (Lipinski definition) is 2. The highest BCUT2D eigenvalue weighted by atomic mass is 16.5. The molecule has 1 fully saturated rings. The maximum atomic E-state index is 5.75. The lowest BCUT2D eigenvalue weighted by atomic mass is 10.1. The average Bonchev–Trinajstić information content (AvgIpc) is 2.81. The second-order valence-electron chi connectivity index (χ2n) is 7.33. The molecule has 1 aliphatic heterocycles. The van der Waals surface area contributed by atoms with Crippen LogP contribution in [0.1, 0.15) is 37.3 Å². The van der Waals surface area contributed by atoms with Crippen LogP contribution < -0.4 is 20.3 Å². The lowest BCUT2D eigenvalue weighted by Crippen LogP contribution is -2.36. The molecular formula is C24H33N5O. The van der Waals surface area contributed by atoms with Crippen molar-refractivity contribution in [3.05, 3.63) is 66.4 Å². The normalized spacial score (nSPS) is 14.3. The van der Waals surface area contributed by atoms with Gasteiger partial charge in [-0.15, -0.1) is 0 Å². The summed E-state index contributed by atoms with van der Waals surface area (Å²) in [6.45, 7) is 10.5. The summed E-state index contributed by atoms with van der Waals surface area (Å²) in [5.41, 5.74) is 2.25. The van der Waals surface area contributed by atoms with E-state index in [1.54, 1.807) is 6.08 Å². The van der Waals surface area contributed by atoms with Gasteiger partial charge in [-0.2, -0.15) is 0 Å². The molecule has 1 aliphatic rings. The molecule has 0 aliphatic carbocycles. The van der Waals surface area contributed by atoms with Gasteiger partial charge in [0.1, 0.15) is 18.2 Å². The Balaban J connectivity index is 1.63. The number of hydrogen-bond acceptors (Lipinski definition) is 4. The Morgan fingerprint density at radius 2 is 2.03 bits per heavy atom. The van der Waals surface area contributed by atoms with Gasteiger partial charge in [-0.25, -0.2) is 9.98 Å². The van der Waals surface area contributed by atoms with Gasteiger partial charge in [0.15, 0.2) is 5.96 Å². The summed E-state index contributed by atoms with van der Waals surface area (Å²) in [5.74, 6) is 2.71. The summed E-state index contributed by atoms with van der Waals surface area (Å²) >= 11 is 0. The summed E-state index contributed by atoms with van der Waals surface area (Å²) in [6, 6.07) is 12.2. The number of guanidine groups is 1. The monoisotopic (exact) mass is 407 g/mol. The minimum atomic E-state index is 0.493. The standard InChI is InChI=1S/C24H33N5O/c1-3-16-30-22-11-7-6-10-21(22)19-28-24(25-4-2)27-18-20-12-13-26-23(17-20)29-14-8-5-9-15-29/h3,6-7,10-13,17H,1,4-5,8-9,14-16,18-19H2,2H3,(H2,25,27,28). The number of aliphatic imine (C=N–C) groups is 1. The molecule has 3 rings (SSSR count). The largest absolute Gasteiger partial charge is 0.489 e. The molecule has 1 aromatic heterocycles. The highest BCUT2D eigenvalue weighted by molar-refractivity contribution is 5.79. The van der Waals surface area contributed by atoms with Gasteiger partial charge in [-0.1, -0.05) is 30.9 Å². The number of aromatic nitrogens is 1. The first-order chi connectivity index (χ1) is 14.8. The molecule has 6 heteroatoms. The van der Waals surface area contributed by atoms with Crippen LogP contribution in [0.3, 0.4) is 0 Å². The second-order valence-corrected chi connectivity index (χ2v) is 7.33. The molecule has 2 heterocycles. The lowest BCUT2D eigenvalue weighted by molar-refractivity contribution is 0.358. The fourth-order valence-corrected chi connectivity index (χ4v) is 3.49. The smallest absolute Gasteiger partial charge is 0.191 e. The first kappa shape index (κ1) is 21.7. The maximum Gasteiger partial charge on any atom is 0.191 e. The fourth-order valence-electron chi connectivity index (χ4n) is 3.49. The van der Waals surface area contributed by atoms with Gasteiger partial charge in [-0.3, -0.25) is 0 Å². The summed E-state index contributed by atoms with van der Waals surface area (Å²) in [5, 5.41) is 6.73. The number of nitrogens with zero attached hydrogens (tertiary/aromatic N) is 3. The van der Waals surface area contributed by atoms with Crippen molar-refractivity contribution >= 4 is 11.8 Å². The molecule has 6 nitrogen and oxygen atoms in total. The number of nitrogens with one attached hydrogen (secondary N) is 2. The number of rotatable bonds is 9. The summed E-state index contributed by atoms with van der Waals surface area (Å²) in [6.07, 6.45) is 7.46. The van der Waals surface area contributed by atoms with E-state index in [1.807, 2.05) is 30.5 Å². The molecule has 0 amide bonds. The van der Waals surface area contributed by atoms with Gasteiger partial charge in [0.2, 0.25) is 0 Å². The number of piperidine rings is 1. The quantitative estimate of drug-likeness (QED) is 0.375. The number of ether oxygens (including phenoxy) is 1. The van der Waals surface area contributed by atoms with Crippen LogP contribution in [-0.2, 0) is 13.1 Å². The Labute approximate surface area is 180 Å². The van der Waals surface area contributed by atoms with Crippen LogP contribution in [0.2, 0.25) is 0 Å². The third-order valence-corrected chi connectivity index (χ3v) is 5.03. The zero-order valence-corrected chi connectivity index (χ0v) is 17.9. The van der Waals surface area contributed by atoms with Gasteiger partial charge in [-0.05, 0) is 49.9 Å². The third-order valence-electron chi connectivity index (χ3n) is 5.03. The van der Waals surface area contributed by atoms with Crippen molar-refractivity contribution in [3.63, 3.8) is 0 Å². The minimum absolute atomic E-state index is 0.493. The number of pyridine rings is 1. The Morgan fingerprint density at radius 1 is 1.20 bits per heavy atom. The topological polar surface area (TPSA) is 61.8 Å². The highest BCUT2D eigenvalue weighted by Gasteiger charge is 2.12. The maximum absolute atomic E-state index is 5.75. The van der Waals surface area contributed by atoms with E-state index >= 15 is 0 Å². The lowest BCUT2D eigenvalue weighted by Gasteiger charge is -2.27. The molecule has 30 heavy (non-hydrogen) atoms. The van der Waals surface area contributed by atoms with Crippen molar-refractivity contribution in [2.75, 3.05) is 31.1 Å². The molecule has 2 N–H and O–H groups in total. The van der Waals surface area contributed by atoms with Crippen molar-refractivity contribution in [3.8, 4) is 5.75 Å². The molecule has 2 aromatic rings. The van der Waals surface area contributed by atoms with Crippen LogP contribution in [0.25, 0.3) is 0 Å². The number of anilines is 1. The zero-order chi connectivity index (χ0) is 21.0. The molecule has 1 saturated heterocycles. The molecule has 0 bridgehead atoms. The average molecular weight is 408 g/mol. The van der Waals surface area contributed by atoms with E-state index in [9.17, 15) is 0 Å². The van der Waals surface area contributed by atoms with E-state index in [2.05, 4.69) is 46.2 Å². The molecule has 0 saturated carbocycles. The van der Waals surface area contributed by atoms with Crippen LogP contribution in [0, 0.1) is 0 Å². The van der Waals surface area contributed by atoms with Crippen LogP contribution in [-0.4, -0.2) is 37.2 Å². The molecular weight excluding hydrogens is 374 g/mol. The Bertz CT molecular complexity index is 830. The zero-order valence-electron chi connectivity index (χ0n) is 17.9. The second kappa shape index (κ2) is 11.9. The van der Waals surface area contributed by atoms with Crippen LogP contribution in [0.4, 0.5) is 5.82 Å². The SMILES string of the molecule is C=CCOc1ccccc1CNC(=NCc1ccnc(N2CCCCC2)c1)NCC. The van der Waals surface area contributed by atoms with E-state index in [-0.39, 0.29) is 0 Å². The van der Waals surface area contributed by atoms with E-state index in [4.69, 9.17) is 9.73 Å². The van der Waals surface area contributed by atoms with Crippen molar-refractivity contribution in [2.24, 2.45) is 4.99 Å². The van der Waals surface area contributed by atoms with Gasteiger partial charge >= 0.3 is 0 Å². The predicted molar refractivity (Wildman–Crippen MR) is 124 cm³/mol. The summed E-state index contributed by atoms with van der Waals surface area (Å²) in [4.78, 5) is 11.7. The van der Waals surface area contributed by atoms with Gasteiger partial charge in [0.05, 0.1) is 6.54 Å². The highest BCUT2D eigenvalue weighted by Crippen LogP contribution is 2.19. The van der Waals surface area contributed by atoms with Gasteiger partial charge < -0.3 is 20.3 Å². The van der Waals surface area contributed by atoms with E-state index in [0.29, 0.717) is 19.7 Å². The molecule has 160 valence electrons. The number of para-hydroxylation sites is 1. The van der Waals surface area contributed by atoms with Gasteiger partial charge in [0, 0.05) is 37.9 Å². The van der Waals surface area contributed by atoms with E-state index in [1.165, 1.54) is 19.3 Å². The van der Waals surface area contributed by atoms with E-state index in [0.717, 1.165) is 48.3 Å². The Hall–Kier alpha value is -3.02. The first-order valence-corrected chi connectivity index (χ1v) is 10.8. The summed E-state index contributed by atoms with van der Waals surface area (Å²) in [7, 11) is 0. The van der Waals surface area contributed by atoms with Crippen molar-refractivity contribution < 1.29 is 4.74 Å². The molecule has 0 radical (unpaired) electrons. The van der Waals surface area contributed by atoms with Crippen molar-refractivity contribution in [2.45, 2.75) is 39.3 Å². The van der Waals surface area contributed by atoms with Crippen LogP contribution in [0.5, 0.6) is 5.75 Å². The molecule has 0 spiro atoms. The Kier molecular flexibility index (Phi) is 8.57. The van der Waals surface area contributed by atoms with Crippen molar-refractivity contribution in [1.29, 1.82) is 0 Å². The fraction of sp³-hybridized carbons (Fsp3) is 0.417.